The summed E-state index contributed by atoms with van der Waals surface area (Å²) in [5, 5.41) is 10.9. The van der Waals surface area contributed by atoms with Crippen molar-refractivity contribution in [2.24, 2.45) is 5.73 Å². The third kappa shape index (κ3) is 2.49. The molecule has 0 aliphatic heterocycles. The number of ether oxygens (including phenoxy) is 1. The molecule has 2 N–H and O–H groups in total. The molecule has 88 valence electrons. The molecule has 0 aliphatic carbocycles. The molecule has 0 amide bonds. The first-order chi connectivity index (χ1) is 7.47. The Kier molecular flexibility index (Phi) is 3.84. The molecule has 2 atom stereocenters. The molecule has 1 aromatic rings. The fraction of sp³-hybridized carbons (Fsp3) is 0.455. The molecule has 0 spiro atoms. The van der Waals surface area contributed by atoms with Gasteiger partial charge < -0.3 is 10.5 Å². The summed E-state index contributed by atoms with van der Waals surface area (Å²) in [7, 11) is 1.48. The van der Waals surface area contributed by atoms with Crippen LogP contribution in [-0.4, -0.2) is 18.1 Å². The quantitative estimate of drug-likeness (QED) is 0.627. The smallest absolute Gasteiger partial charge is 0.276 e. The van der Waals surface area contributed by atoms with Gasteiger partial charge in [-0.15, -0.1) is 0 Å². The van der Waals surface area contributed by atoms with Crippen LogP contribution in [0.3, 0.4) is 0 Å². The van der Waals surface area contributed by atoms with Crippen molar-refractivity contribution in [2.75, 3.05) is 7.11 Å². The van der Waals surface area contributed by atoms with Crippen LogP contribution >= 0.6 is 0 Å². The maximum Gasteiger partial charge on any atom is 0.276 e. The van der Waals surface area contributed by atoms with E-state index in [9.17, 15) is 10.1 Å². The molecule has 0 heterocycles. The van der Waals surface area contributed by atoms with E-state index in [4.69, 9.17) is 10.5 Å². The second-order valence-electron chi connectivity index (χ2n) is 3.83. The Morgan fingerprint density at radius 3 is 2.50 bits per heavy atom. The molecule has 1 aromatic carbocycles. The average molecular weight is 224 g/mol. The lowest BCUT2D eigenvalue weighted by Crippen LogP contribution is -2.23. The fourth-order valence-corrected chi connectivity index (χ4v) is 1.48. The van der Waals surface area contributed by atoms with Crippen LogP contribution in [0.5, 0.6) is 5.75 Å². The Balaban J connectivity index is 3.23. The second-order valence-corrected chi connectivity index (χ2v) is 3.83. The van der Waals surface area contributed by atoms with Crippen LogP contribution in [0.4, 0.5) is 5.69 Å². The molecule has 5 nitrogen and oxygen atoms in total. The number of methoxy groups -OCH3 is 1. The SMILES string of the molecule is COc1ccc(C(C)C(C)N)c([N+](=O)[O-])c1. The Morgan fingerprint density at radius 1 is 1.44 bits per heavy atom. The number of nitro groups is 1. The topological polar surface area (TPSA) is 78.4 Å². The van der Waals surface area contributed by atoms with Crippen molar-refractivity contribution in [2.45, 2.75) is 25.8 Å². The van der Waals surface area contributed by atoms with Gasteiger partial charge in [0.25, 0.3) is 5.69 Å². The standard InChI is InChI=1S/C11H16N2O3/c1-7(8(2)12)10-5-4-9(16-3)6-11(10)13(14)15/h4-8H,12H2,1-3H3. The highest BCUT2D eigenvalue weighted by molar-refractivity contribution is 5.48. The lowest BCUT2D eigenvalue weighted by molar-refractivity contribution is -0.385. The van der Waals surface area contributed by atoms with Gasteiger partial charge in [0.2, 0.25) is 0 Å². The number of hydrogen-bond donors (Lipinski definition) is 1. The maximum absolute atomic E-state index is 10.9. The van der Waals surface area contributed by atoms with Gasteiger partial charge in [0, 0.05) is 17.5 Å². The van der Waals surface area contributed by atoms with Gasteiger partial charge in [-0.2, -0.15) is 0 Å². The van der Waals surface area contributed by atoms with Crippen LogP contribution in [0.2, 0.25) is 0 Å². The summed E-state index contributed by atoms with van der Waals surface area (Å²) in [5.41, 5.74) is 6.45. The summed E-state index contributed by atoms with van der Waals surface area (Å²) in [6.45, 7) is 3.71. The minimum atomic E-state index is -0.406. The van der Waals surface area contributed by atoms with Gasteiger partial charge in [-0.05, 0) is 19.1 Å². The molecule has 16 heavy (non-hydrogen) atoms. The van der Waals surface area contributed by atoms with Crippen LogP contribution in [0.15, 0.2) is 18.2 Å². The Bertz CT molecular complexity index is 391. The molecule has 1 rings (SSSR count). The molecule has 0 fully saturated rings. The summed E-state index contributed by atoms with van der Waals surface area (Å²) in [4.78, 5) is 10.5. The van der Waals surface area contributed by atoms with Crippen molar-refractivity contribution < 1.29 is 9.66 Å². The molecule has 0 saturated heterocycles. The van der Waals surface area contributed by atoms with Crippen molar-refractivity contribution in [3.63, 3.8) is 0 Å². The van der Waals surface area contributed by atoms with E-state index in [1.165, 1.54) is 13.2 Å². The molecule has 0 radical (unpaired) electrons. The highest BCUT2D eigenvalue weighted by Gasteiger charge is 2.22. The zero-order valence-electron chi connectivity index (χ0n) is 9.64. The normalized spacial score (nSPS) is 14.2. The highest BCUT2D eigenvalue weighted by Crippen LogP contribution is 2.31. The molecule has 0 saturated carbocycles. The van der Waals surface area contributed by atoms with Gasteiger partial charge in [-0.25, -0.2) is 0 Å². The van der Waals surface area contributed by atoms with E-state index >= 15 is 0 Å². The first-order valence-corrected chi connectivity index (χ1v) is 5.05. The maximum atomic E-state index is 10.9. The molecule has 0 aromatic heterocycles. The van der Waals surface area contributed by atoms with Gasteiger partial charge in [0.05, 0.1) is 18.1 Å². The fourth-order valence-electron chi connectivity index (χ4n) is 1.48. The van der Waals surface area contributed by atoms with Crippen molar-refractivity contribution >= 4 is 5.69 Å². The zero-order chi connectivity index (χ0) is 12.3. The summed E-state index contributed by atoms with van der Waals surface area (Å²) >= 11 is 0. The van der Waals surface area contributed by atoms with Crippen molar-refractivity contribution in [3.8, 4) is 5.75 Å². The van der Waals surface area contributed by atoms with Crippen LogP contribution in [-0.2, 0) is 0 Å². The van der Waals surface area contributed by atoms with Gasteiger partial charge >= 0.3 is 0 Å². The molecular weight excluding hydrogens is 208 g/mol. The van der Waals surface area contributed by atoms with Gasteiger partial charge in [-0.3, -0.25) is 10.1 Å². The third-order valence-corrected chi connectivity index (χ3v) is 2.71. The van der Waals surface area contributed by atoms with Crippen molar-refractivity contribution in [1.29, 1.82) is 0 Å². The number of nitrogens with zero attached hydrogens (tertiary/aromatic N) is 1. The van der Waals surface area contributed by atoms with Crippen LogP contribution < -0.4 is 10.5 Å². The number of benzene rings is 1. The molecular formula is C11H16N2O3. The second kappa shape index (κ2) is 4.94. The molecule has 0 aliphatic rings. The van der Waals surface area contributed by atoms with Crippen LogP contribution in [0.1, 0.15) is 25.3 Å². The van der Waals surface area contributed by atoms with Gasteiger partial charge in [-0.1, -0.05) is 6.92 Å². The number of hydrogen-bond acceptors (Lipinski definition) is 4. The molecule has 5 heteroatoms. The predicted molar refractivity (Wildman–Crippen MR) is 61.7 cm³/mol. The summed E-state index contributed by atoms with van der Waals surface area (Å²) in [6.07, 6.45) is 0. The lowest BCUT2D eigenvalue weighted by Gasteiger charge is -2.16. The van der Waals surface area contributed by atoms with Gasteiger partial charge in [0.15, 0.2) is 0 Å². The lowest BCUT2D eigenvalue weighted by atomic mass is 9.93. The first kappa shape index (κ1) is 12.4. The number of nitro benzene ring substituents is 1. The van der Waals surface area contributed by atoms with E-state index in [-0.39, 0.29) is 17.6 Å². The minimum absolute atomic E-state index is 0.0594. The summed E-state index contributed by atoms with van der Waals surface area (Å²) in [6, 6.07) is 4.70. The largest absolute Gasteiger partial charge is 0.497 e. The van der Waals surface area contributed by atoms with Gasteiger partial charge in [0.1, 0.15) is 5.75 Å². The third-order valence-electron chi connectivity index (χ3n) is 2.71. The monoisotopic (exact) mass is 224 g/mol. The summed E-state index contributed by atoms with van der Waals surface area (Å²) < 4.78 is 4.96. The van der Waals surface area contributed by atoms with E-state index < -0.39 is 4.92 Å². The highest BCUT2D eigenvalue weighted by atomic mass is 16.6. The van der Waals surface area contributed by atoms with E-state index in [1.807, 2.05) is 13.8 Å². The Morgan fingerprint density at radius 2 is 2.06 bits per heavy atom. The van der Waals surface area contributed by atoms with Crippen LogP contribution in [0.25, 0.3) is 0 Å². The van der Waals surface area contributed by atoms with Crippen LogP contribution in [0, 0.1) is 10.1 Å². The van der Waals surface area contributed by atoms with Crippen molar-refractivity contribution in [3.05, 3.63) is 33.9 Å². The molecule has 0 bridgehead atoms. The van der Waals surface area contributed by atoms with E-state index in [0.29, 0.717) is 11.3 Å². The zero-order valence-corrected chi connectivity index (χ0v) is 9.64. The first-order valence-electron chi connectivity index (χ1n) is 5.05. The molecule has 2 unspecified atom stereocenters. The Hall–Kier alpha value is -1.62. The predicted octanol–water partition coefficient (Wildman–Crippen LogP) is 2.05. The van der Waals surface area contributed by atoms with E-state index in [2.05, 4.69) is 0 Å². The number of rotatable bonds is 4. The average Bonchev–Trinajstić information content (AvgIpc) is 2.26. The van der Waals surface area contributed by atoms with Crippen molar-refractivity contribution in [1.82, 2.24) is 0 Å². The minimum Gasteiger partial charge on any atom is -0.497 e. The summed E-state index contributed by atoms with van der Waals surface area (Å²) in [5.74, 6) is 0.415. The van der Waals surface area contributed by atoms with E-state index in [0.717, 1.165) is 0 Å². The van der Waals surface area contributed by atoms with E-state index in [1.54, 1.807) is 12.1 Å². The number of nitrogens with two attached hydrogens (primary N) is 1. The Labute approximate surface area is 94.4 Å².